The number of hydrogen-bond donors (Lipinski definition) is 1. The van der Waals surface area contributed by atoms with Gasteiger partial charge in [-0.1, -0.05) is 30.1 Å². The lowest BCUT2D eigenvalue weighted by molar-refractivity contribution is 0.556. The van der Waals surface area contributed by atoms with Crippen LogP contribution in [0.4, 0.5) is 0 Å². The van der Waals surface area contributed by atoms with E-state index >= 15 is 0 Å². The number of nitrogens with one attached hydrogen (secondary N) is 1. The summed E-state index contributed by atoms with van der Waals surface area (Å²) in [7, 11) is -3.58. The lowest BCUT2D eigenvalue weighted by Gasteiger charge is -2.14. The second kappa shape index (κ2) is 5.57. The summed E-state index contributed by atoms with van der Waals surface area (Å²) in [6, 6.07) is 2.82. The van der Waals surface area contributed by atoms with E-state index in [0.717, 1.165) is 0 Å². The fourth-order valence-corrected chi connectivity index (χ4v) is 3.39. The third kappa shape index (κ3) is 3.35. The Morgan fingerprint density at radius 2 is 1.94 bits per heavy atom. The van der Waals surface area contributed by atoms with Crippen molar-refractivity contribution in [3.05, 3.63) is 27.7 Å². The van der Waals surface area contributed by atoms with Crippen LogP contribution in [-0.4, -0.2) is 14.5 Å². The second-order valence-electron chi connectivity index (χ2n) is 3.92. The molecule has 17 heavy (non-hydrogen) atoms. The van der Waals surface area contributed by atoms with E-state index in [1.807, 2.05) is 6.92 Å². The van der Waals surface area contributed by atoms with Crippen molar-refractivity contribution < 1.29 is 8.42 Å². The van der Waals surface area contributed by atoms with Crippen LogP contribution in [0.25, 0.3) is 0 Å². The zero-order valence-electron chi connectivity index (χ0n) is 9.92. The molecular weight excluding hydrogens is 281 g/mol. The van der Waals surface area contributed by atoms with Gasteiger partial charge in [-0.3, -0.25) is 0 Å². The molecule has 0 aliphatic rings. The van der Waals surface area contributed by atoms with Crippen LogP contribution in [0.2, 0.25) is 10.0 Å². The van der Waals surface area contributed by atoms with Gasteiger partial charge in [-0.25, -0.2) is 13.1 Å². The smallest absolute Gasteiger partial charge is 0.208 e. The molecule has 0 aliphatic carbocycles. The van der Waals surface area contributed by atoms with Gasteiger partial charge in [-0.15, -0.1) is 0 Å². The van der Waals surface area contributed by atoms with Crippen LogP contribution in [0, 0.1) is 6.92 Å². The van der Waals surface area contributed by atoms with Crippen molar-refractivity contribution in [2.24, 2.45) is 0 Å². The molecule has 0 saturated carbocycles. The maximum absolute atomic E-state index is 12.0. The third-order valence-corrected chi connectivity index (χ3v) is 5.18. The van der Waals surface area contributed by atoms with Crippen LogP contribution in [0.1, 0.15) is 25.8 Å². The van der Waals surface area contributed by atoms with E-state index in [4.69, 9.17) is 23.2 Å². The van der Waals surface area contributed by atoms with Crippen LogP contribution in [-0.2, 0) is 10.0 Å². The summed E-state index contributed by atoms with van der Waals surface area (Å²) >= 11 is 11.9. The minimum absolute atomic E-state index is 0.0707. The summed E-state index contributed by atoms with van der Waals surface area (Å²) in [6.07, 6.45) is 0.712. The highest BCUT2D eigenvalue weighted by atomic mass is 35.5. The molecule has 0 aliphatic heterocycles. The Morgan fingerprint density at radius 3 is 2.47 bits per heavy atom. The number of halogens is 2. The van der Waals surface area contributed by atoms with Gasteiger partial charge in [-0.05, 0) is 38.0 Å². The van der Waals surface area contributed by atoms with Gasteiger partial charge in [0.1, 0.15) is 4.90 Å². The molecule has 0 spiro atoms. The van der Waals surface area contributed by atoms with Gasteiger partial charge in [0.2, 0.25) is 10.0 Å². The third-order valence-electron chi connectivity index (χ3n) is 2.54. The van der Waals surface area contributed by atoms with Crippen LogP contribution in [0.5, 0.6) is 0 Å². The molecule has 6 heteroatoms. The Bertz CT molecular complexity index is 514. The average molecular weight is 296 g/mol. The molecule has 3 nitrogen and oxygen atoms in total. The van der Waals surface area contributed by atoms with Gasteiger partial charge in [0, 0.05) is 11.1 Å². The second-order valence-corrected chi connectivity index (χ2v) is 6.38. The average Bonchev–Trinajstić information content (AvgIpc) is 2.24. The first-order valence-corrected chi connectivity index (χ1v) is 7.50. The summed E-state index contributed by atoms with van der Waals surface area (Å²) in [4.78, 5) is 0.0707. The lowest BCUT2D eigenvalue weighted by Crippen LogP contribution is -2.32. The van der Waals surface area contributed by atoms with Crippen molar-refractivity contribution in [3.8, 4) is 0 Å². The Hall–Kier alpha value is -0.290. The Kier molecular flexibility index (Phi) is 4.84. The molecule has 0 amide bonds. The van der Waals surface area contributed by atoms with Crippen molar-refractivity contribution in [1.29, 1.82) is 0 Å². The fourth-order valence-electron chi connectivity index (χ4n) is 1.26. The molecule has 1 rings (SSSR count). The van der Waals surface area contributed by atoms with Crippen LogP contribution in [0.3, 0.4) is 0 Å². The minimum Gasteiger partial charge on any atom is -0.208 e. The lowest BCUT2D eigenvalue weighted by atomic mass is 10.2. The van der Waals surface area contributed by atoms with Gasteiger partial charge in [0.05, 0.1) is 5.02 Å². The van der Waals surface area contributed by atoms with E-state index in [1.54, 1.807) is 13.8 Å². The van der Waals surface area contributed by atoms with Gasteiger partial charge in [-0.2, -0.15) is 0 Å². The Balaban J connectivity index is 3.21. The highest BCUT2D eigenvalue weighted by Gasteiger charge is 2.21. The van der Waals surface area contributed by atoms with Crippen LogP contribution < -0.4 is 4.72 Å². The number of sulfonamides is 1. The molecule has 0 saturated heterocycles. The predicted octanol–water partition coefficient (Wildman–Crippen LogP) is 3.38. The van der Waals surface area contributed by atoms with Crippen molar-refractivity contribution in [1.82, 2.24) is 4.72 Å². The van der Waals surface area contributed by atoms with Gasteiger partial charge in [0.15, 0.2) is 0 Å². The van der Waals surface area contributed by atoms with Gasteiger partial charge >= 0.3 is 0 Å². The van der Waals surface area contributed by atoms with Crippen molar-refractivity contribution in [2.75, 3.05) is 0 Å². The van der Waals surface area contributed by atoms with Crippen LogP contribution in [0.15, 0.2) is 17.0 Å². The zero-order valence-corrected chi connectivity index (χ0v) is 12.2. The first-order valence-electron chi connectivity index (χ1n) is 5.26. The summed E-state index contributed by atoms with van der Waals surface area (Å²) < 4.78 is 26.6. The molecule has 0 bridgehead atoms. The van der Waals surface area contributed by atoms with E-state index in [2.05, 4.69) is 4.72 Å². The van der Waals surface area contributed by atoms with E-state index < -0.39 is 10.0 Å². The molecule has 0 radical (unpaired) electrons. The fraction of sp³-hybridized carbons (Fsp3) is 0.455. The van der Waals surface area contributed by atoms with Crippen LogP contribution >= 0.6 is 23.2 Å². The van der Waals surface area contributed by atoms with E-state index in [0.29, 0.717) is 17.0 Å². The quantitative estimate of drug-likeness (QED) is 0.926. The summed E-state index contributed by atoms with van der Waals surface area (Å²) in [5.41, 5.74) is 0.570. The summed E-state index contributed by atoms with van der Waals surface area (Å²) in [5.74, 6) is 0. The molecule has 0 aromatic heterocycles. The topological polar surface area (TPSA) is 46.2 Å². The molecule has 1 aromatic carbocycles. The van der Waals surface area contributed by atoms with E-state index in [-0.39, 0.29) is 16.0 Å². The molecule has 0 fully saturated rings. The minimum atomic E-state index is -3.58. The number of rotatable bonds is 4. The first-order chi connectivity index (χ1) is 7.79. The van der Waals surface area contributed by atoms with Gasteiger partial charge in [0.25, 0.3) is 0 Å². The monoisotopic (exact) mass is 295 g/mol. The highest BCUT2D eigenvalue weighted by Crippen LogP contribution is 2.30. The van der Waals surface area contributed by atoms with Gasteiger partial charge < -0.3 is 0 Å². The van der Waals surface area contributed by atoms with Crippen molar-refractivity contribution >= 4 is 33.2 Å². The van der Waals surface area contributed by atoms with E-state index in [9.17, 15) is 8.42 Å². The molecule has 1 aromatic rings. The SMILES string of the molecule is CCC(C)NS(=O)(=O)c1ccc(Cl)c(C)c1Cl. The molecule has 96 valence electrons. The predicted molar refractivity (Wildman–Crippen MR) is 71.3 cm³/mol. The van der Waals surface area contributed by atoms with E-state index in [1.165, 1.54) is 12.1 Å². The van der Waals surface area contributed by atoms with Crippen molar-refractivity contribution in [2.45, 2.75) is 38.1 Å². The molecule has 0 heterocycles. The normalized spacial score (nSPS) is 13.7. The zero-order chi connectivity index (χ0) is 13.2. The Labute approximate surface area is 112 Å². The summed E-state index contributed by atoms with van der Waals surface area (Å²) in [5, 5.41) is 0.630. The first kappa shape index (κ1) is 14.8. The number of hydrogen-bond acceptors (Lipinski definition) is 2. The van der Waals surface area contributed by atoms with Crippen molar-refractivity contribution in [3.63, 3.8) is 0 Å². The number of benzene rings is 1. The maximum Gasteiger partial charge on any atom is 0.242 e. The standard InChI is InChI=1S/C11H15Cl2NO2S/c1-4-7(2)14-17(15,16)10-6-5-9(12)8(3)11(10)13/h5-7,14H,4H2,1-3H3. The molecule has 1 atom stereocenters. The highest BCUT2D eigenvalue weighted by molar-refractivity contribution is 7.89. The Morgan fingerprint density at radius 1 is 1.35 bits per heavy atom. The molecule has 1 unspecified atom stereocenters. The maximum atomic E-state index is 12.0. The summed E-state index contributed by atoms with van der Waals surface area (Å²) in [6.45, 7) is 5.39. The molecule has 1 N–H and O–H groups in total. The largest absolute Gasteiger partial charge is 0.242 e. The molecular formula is C11H15Cl2NO2S.